The minimum Gasteiger partial charge on any atom is -0.326 e. The number of rotatable bonds is 6. The van der Waals surface area contributed by atoms with Gasteiger partial charge in [0.1, 0.15) is 0 Å². The SMILES string of the molecule is Cc1ccc(NC(=O)CCC(=O)N/N=C/c2ccc3ccccc3c2)cc1C. The van der Waals surface area contributed by atoms with Crippen LogP contribution in [-0.4, -0.2) is 18.0 Å². The lowest BCUT2D eigenvalue weighted by Crippen LogP contribution is -2.20. The average molecular weight is 373 g/mol. The lowest BCUT2D eigenvalue weighted by atomic mass is 10.1. The van der Waals surface area contributed by atoms with Crippen LogP contribution in [0.25, 0.3) is 10.8 Å². The summed E-state index contributed by atoms with van der Waals surface area (Å²) >= 11 is 0. The quantitative estimate of drug-likeness (QED) is 0.499. The predicted molar refractivity (Wildman–Crippen MR) is 113 cm³/mol. The third-order valence-electron chi connectivity index (χ3n) is 4.55. The summed E-state index contributed by atoms with van der Waals surface area (Å²) in [6, 6.07) is 19.7. The Morgan fingerprint density at radius 3 is 2.39 bits per heavy atom. The molecule has 2 amide bonds. The first kappa shape index (κ1) is 19.3. The largest absolute Gasteiger partial charge is 0.326 e. The van der Waals surface area contributed by atoms with Crippen molar-refractivity contribution in [1.82, 2.24) is 5.43 Å². The fraction of sp³-hybridized carbons (Fsp3) is 0.174. The molecule has 28 heavy (non-hydrogen) atoms. The van der Waals surface area contributed by atoms with E-state index in [1.165, 1.54) is 5.56 Å². The summed E-state index contributed by atoms with van der Waals surface area (Å²) in [5.41, 5.74) is 6.38. The van der Waals surface area contributed by atoms with Gasteiger partial charge in [0.25, 0.3) is 0 Å². The molecule has 0 unspecified atom stereocenters. The van der Waals surface area contributed by atoms with E-state index in [0.29, 0.717) is 0 Å². The van der Waals surface area contributed by atoms with Gasteiger partial charge in [-0.1, -0.05) is 42.5 Å². The Balaban J connectivity index is 1.46. The van der Waals surface area contributed by atoms with Crippen LogP contribution >= 0.6 is 0 Å². The van der Waals surface area contributed by atoms with Gasteiger partial charge in [-0.15, -0.1) is 0 Å². The second kappa shape index (κ2) is 8.95. The van der Waals surface area contributed by atoms with Crippen LogP contribution in [0, 0.1) is 13.8 Å². The molecule has 0 atom stereocenters. The molecule has 2 N–H and O–H groups in total. The van der Waals surface area contributed by atoms with Crippen LogP contribution in [0.4, 0.5) is 5.69 Å². The summed E-state index contributed by atoms with van der Waals surface area (Å²) in [5.74, 6) is -0.496. The number of fused-ring (bicyclic) bond motifs is 1. The summed E-state index contributed by atoms with van der Waals surface area (Å²) in [4.78, 5) is 23.9. The Labute approximate surface area is 164 Å². The van der Waals surface area contributed by atoms with Gasteiger partial charge < -0.3 is 5.32 Å². The molecule has 0 aliphatic heterocycles. The Kier molecular flexibility index (Phi) is 6.17. The van der Waals surface area contributed by atoms with Crippen molar-refractivity contribution in [3.63, 3.8) is 0 Å². The molecule has 0 aliphatic rings. The van der Waals surface area contributed by atoms with Crippen molar-refractivity contribution in [1.29, 1.82) is 0 Å². The van der Waals surface area contributed by atoms with Crippen LogP contribution in [0.1, 0.15) is 29.5 Å². The van der Waals surface area contributed by atoms with Crippen molar-refractivity contribution in [2.45, 2.75) is 26.7 Å². The van der Waals surface area contributed by atoms with E-state index in [1.54, 1.807) is 6.21 Å². The van der Waals surface area contributed by atoms with Crippen molar-refractivity contribution in [2.24, 2.45) is 5.10 Å². The van der Waals surface area contributed by atoms with Crippen molar-refractivity contribution in [3.8, 4) is 0 Å². The molecule has 0 spiro atoms. The molecule has 0 bridgehead atoms. The maximum Gasteiger partial charge on any atom is 0.240 e. The fourth-order valence-electron chi connectivity index (χ4n) is 2.79. The second-order valence-corrected chi connectivity index (χ2v) is 6.75. The summed E-state index contributed by atoms with van der Waals surface area (Å²) in [6.07, 6.45) is 1.77. The minimum atomic E-state index is -0.299. The number of amides is 2. The maximum absolute atomic E-state index is 12.0. The Bertz CT molecular complexity index is 1040. The number of carbonyl (C=O) groups is 2. The molecule has 0 fully saturated rings. The van der Waals surface area contributed by atoms with Crippen LogP contribution in [0.2, 0.25) is 0 Å². The van der Waals surface area contributed by atoms with Crippen molar-refractivity contribution in [2.75, 3.05) is 5.32 Å². The van der Waals surface area contributed by atoms with Gasteiger partial charge in [-0.2, -0.15) is 5.10 Å². The van der Waals surface area contributed by atoms with Crippen LogP contribution in [0.3, 0.4) is 0 Å². The van der Waals surface area contributed by atoms with E-state index in [1.807, 2.05) is 74.5 Å². The molecule has 3 aromatic rings. The number of anilines is 1. The van der Waals surface area contributed by atoms with E-state index in [2.05, 4.69) is 15.8 Å². The lowest BCUT2D eigenvalue weighted by Gasteiger charge is -2.07. The smallest absolute Gasteiger partial charge is 0.240 e. The van der Waals surface area contributed by atoms with Crippen molar-refractivity contribution in [3.05, 3.63) is 77.4 Å². The normalized spacial score (nSPS) is 10.9. The highest BCUT2D eigenvalue weighted by Crippen LogP contribution is 2.15. The fourth-order valence-corrected chi connectivity index (χ4v) is 2.79. The third-order valence-corrected chi connectivity index (χ3v) is 4.55. The molecule has 0 saturated heterocycles. The van der Waals surface area contributed by atoms with E-state index >= 15 is 0 Å². The van der Waals surface area contributed by atoms with Gasteiger partial charge in [0.15, 0.2) is 0 Å². The Morgan fingerprint density at radius 1 is 0.857 bits per heavy atom. The molecule has 0 saturated carbocycles. The minimum absolute atomic E-state index is 0.0751. The molecular formula is C23H23N3O2. The van der Waals surface area contributed by atoms with E-state index in [4.69, 9.17) is 0 Å². The molecule has 0 heterocycles. The molecular weight excluding hydrogens is 350 g/mol. The van der Waals surface area contributed by atoms with Crippen molar-refractivity contribution < 1.29 is 9.59 Å². The van der Waals surface area contributed by atoms with Crippen molar-refractivity contribution >= 4 is 34.5 Å². The Hall–Kier alpha value is -3.47. The van der Waals surface area contributed by atoms with Crippen LogP contribution < -0.4 is 10.7 Å². The first-order valence-electron chi connectivity index (χ1n) is 9.19. The van der Waals surface area contributed by atoms with Gasteiger partial charge in [0, 0.05) is 18.5 Å². The zero-order valence-corrected chi connectivity index (χ0v) is 16.0. The zero-order valence-electron chi connectivity index (χ0n) is 16.0. The highest BCUT2D eigenvalue weighted by Gasteiger charge is 2.07. The van der Waals surface area contributed by atoms with Gasteiger partial charge in [0.05, 0.1) is 6.21 Å². The predicted octanol–water partition coefficient (Wildman–Crippen LogP) is 4.33. The number of hydrogen-bond acceptors (Lipinski definition) is 3. The molecule has 5 heteroatoms. The third kappa shape index (κ3) is 5.27. The van der Waals surface area contributed by atoms with Crippen LogP contribution in [0.5, 0.6) is 0 Å². The van der Waals surface area contributed by atoms with Gasteiger partial charge in [-0.05, 0) is 59.5 Å². The van der Waals surface area contributed by atoms with E-state index in [-0.39, 0.29) is 24.7 Å². The maximum atomic E-state index is 12.0. The number of hydrazone groups is 1. The van der Waals surface area contributed by atoms with Gasteiger partial charge >= 0.3 is 0 Å². The topological polar surface area (TPSA) is 70.6 Å². The highest BCUT2D eigenvalue weighted by atomic mass is 16.2. The number of benzene rings is 3. The monoisotopic (exact) mass is 373 g/mol. The van der Waals surface area contributed by atoms with Crippen LogP contribution in [-0.2, 0) is 9.59 Å². The summed E-state index contributed by atoms with van der Waals surface area (Å²) < 4.78 is 0. The number of nitrogens with one attached hydrogen (secondary N) is 2. The highest BCUT2D eigenvalue weighted by molar-refractivity contribution is 5.94. The molecule has 0 radical (unpaired) electrons. The second-order valence-electron chi connectivity index (χ2n) is 6.75. The number of aryl methyl sites for hydroxylation is 2. The number of hydrogen-bond donors (Lipinski definition) is 2. The van der Waals surface area contributed by atoms with E-state index < -0.39 is 0 Å². The Morgan fingerprint density at radius 2 is 1.61 bits per heavy atom. The average Bonchev–Trinajstić information content (AvgIpc) is 2.69. The molecule has 5 nitrogen and oxygen atoms in total. The first-order valence-corrected chi connectivity index (χ1v) is 9.19. The van der Waals surface area contributed by atoms with Gasteiger partial charge in [-0.25, -0.2) is 5.43 Å². The number of nitrogens with zero attached hydrogens (tertiary/aromatic N) is 1. The molecule has 142 valence electrons. The van der Waals surface area contributed by atoms with Gasteiger partial charge in [-0.3, -0.25) is 9.59 Å². The standard InChI is InChI=1S/C23H23N3O2/c1-16-7-10-21(13-17(16)2)25-22(27)11-12-23(28)26-24-15-18-8-9-19-5-3-4-6-20(19)14-18/h3-10,13-15H,11-12H2,1-2H3,(H,25,27)(H,26,28)/b24-15+. The molecule has 3 aromatic carbocycles. The summed E-state index contributed by atoms with van der Waals surface area (Å²) in [5, 5.41) is 9.05. The first-order chi connectivity index (χ1) is 13.5. The molecule has 0 aromatic heterocycles. The summed E-state index contributed by atoms with van der Waals surface area (Å²) in [7, 11) is 0. The molecule has 3 rings (SSSR count). The van der Waals surface area contributed by atoms with E-state index in [9.17, 15) is 9.59 Å². The molecule has 0 aliphatic carbocycles. The lowest BCUT2D eigenvalue weighted by molar-refractivity contribution is -0.124. The van der Waals surface area contributed by atoms with Crippen LogP contribution in [0.15, 0.2) is 65.8 Å². The van der Waals surface area contributed by atoms with Gasteiger partial charge in [0.2, 0.25) is 11.8 Å². The number of carbonyl (C=O) groups excluding carboxylic acids is 2. The zero-order chi connectivity index (χ0) is 19.9. The van der Waals surface area contributed by atoms with E-state index in [0.717, 1.165) is 27.6 Å². The summed E-state index contributed by atoms with van der Waals surface area (Å²) in [6.45, 7) is 4.01.